The summed E-state index contributed by atoms with van der Waals surface area (Å²) in [7, 11) is 0. The van der Waals surface area contributed by atoms with Crippen molar-refractivity contribution in [2.45, 2.75) is 31.7 Å². The second-order valence-electron chi connectivity index (χ2n) is 8.32. The molecule has 9 nitrogen and oxygen atoms in total. The van der Waals surface area contributed by atoms with Gasteiger partial charge in [-0.1, -0.05) is 0 Å². The van der Waals surface area contributed by atoms with E-state index in [1.807, 2.05) is 6.92 Å². The number of nitriles is 1. The van der Waals surface area contributed by atoms with Crippen molar-refractivity contribution in [2.75, 3.05) is 25.6 Å². The van der Waals surface area contributed by atoms with Gasteiger partial charge in [0.2, 0.25) is 11.8 Å². The SMILES string of the molecule is Cc1c(-c2cc3cc(OC(=O)N[C@@H]4CCOC4)ncc3c(N)c2F)cnc2c1[C@H](C#N)CCO2. The van der Waals surface area contributed by atoms with Crippen LogP contribution in [0.1, 0.15) is 29.9 Å². The van der Waals surface area contributed by atoms with Crippen molar-refractivity contribution in [1.82, 2.24) is 15.3 Å². The molecule has 0 bridgehead atoms. The summed E-state index contributed by atoms with van der Waals surface area (Å²) in [5.74, 6) is -0.548. The predicted octanol–water partition coefficient (Wildman–Crippen LogP) is 3.59. The zero-order chi connectivity index (χ0) is 23.8. The number of fused-ring (bicyclic) bond motifs is 2. The van der Waals surface area contributed by atoms with Gasteiger partial charge in [0.15, 0.2) is 5.82 Å². The number of pyridine rings is 2. The Hall–Kier alpha value is -3.97. The number of nitrogens with two attached hydrogens (primary N) is 1. The number of nitrogens with one attached hydrogen (secondary N) is 1. The van der Waals surface area contributed by atoms with Crippen LogP contribution in [0, 0.1) is 24.1 Å². The number of amides is 1. The number of hydrogen-bond acceptors (Lipinski definition) is 8. The molecule has 2 aromatic heterocycles. The summed E-state index contributed by atoms with van der Waals surface area (Å²) in [6, 6.07) is 5.31. The number of halogens is 1. The first-order valence-corrected chi connectivity index (χ1v) is 10.9. The fourth-order valence-electron chi connectivity index (χ4n) is 4.41. The molecule has 3 aromatic rings. The van der Waals surface area contributed by atoms with Gasteiger partial charge in [-0.05, 0) is 30.4 Å². The van der Waals surface area contributed by atoms with Crippen LogP contribution in [0.2, 0.25) is 0 Å². The third-order valence-electron chi connectivity index (χ3n) is 6.21. The van der Waals surface area contributed by atoms with E-state index in [9.17, 15) is 10.1 Å². The van der Waals surface area contributed by atoms with Crippen LogP contribution >= 0.6 is 0 Å². The number of ether oxygens (including phenoxy) is 3. The smallest absolute Gasteiger partial charge is 0.414 e. The molecule has 4 heterocycles. The molecule has 5 rings (SSSR count). The lowest BCUT2D eigenvalue weighted by Crippen LogP contribution is -2.37. The number of anilines is 1. The molecule has 0 saturated carbocycles. The summed E-state index contributed by atoms with van der Waals surface area (Å²) >= 11 is 0. The molecule has 1 saturated heterocycles. The van der Waals surface area contributed by atoms with Gasteiger partial charge in [0, 0.05) is 53.6 Å². The number of hydrogen-bond donors (Lipinski definition) is 2. The average Bonchev–Trinajstić information content (AvgIpc) is 3.34. The van der Waals surface area contributed by atoms with Crippen molar-refractivity contribution in [2.24, 2.45) is 0 Å². The van der Waals surface area contributed by atoms with E-state index in [0.29, 0.717) is 66.0 Å². The molecule has 3 N–H and O–H groups in total. The molecule has 0 unspecified atom stereocenters. The lowest BCUT2D eigenvalue weighted by molar-refractivity contribution is 0.177. The molecular formula is C24H22FN5O4. The van der Waals surface area contributed by atoms with E-state index in [0.717, 1.165) is 0 Å². The highest BCUT2D eigenvalue weighted by atomic mass is 19.1. The Bertz CT molecular complexity index is 1330. The number of rotatable bonds is 3. The minimum Gasteiger partial charge on any atom is -0.477 e. The molecule has 174 valence electrons. The van der Waals surface area contributed by atoms with Gasteiger partial charge in [-0.15, -0.1) is 0 Å². The lowest BCUT2D eigenvalue weighted by Gasteiger charge is -2.24. The van der Waals surface area contributed by atoms with E-state index in [1.54, 1.807) is 6.07 Å². The number of nitrogen functional groups attached to an aromatic ring is 1. The van der Waals surface area contributed by atoms with E-state index in [-0.39, 0.29) is 29.1 Å². The van der Waals surface area contributed by atoms with E-state index >= 15 is 4.39 Å². The summed E-state index contributed by atoms with van der Waals surface area (Å²) in [5, 5.41) is 13.2. The maximum atomic E-state index is 15.4. The minimum atomic E-state index is -0.644. The highest BCUT2D eigenvalue weighted by Crippen LogP contribution is 2.41. The van der Waals surface area contributed by atoms with Gasteiger partial charge in [0.25, 0.3) is 0 Å². The summed E-state index contributed by atoms with van der Waals surface area (Å²) < 4.78 is 31.5. The fraction of sp³-hybridized carbons (Fsp3) is 0.333. The fourth-order valence-corrected chi connectivity index (χ4v) is 4.41. The summed E-state index contributed by atoms with van der Waals surface area (Å²) in [6.07, 6.45) is 3.50. The lowest BCUT2D eigenvalue weighted by atomic mass is 9.88. The molecule has 2 aliphatic rings. The highest BCUT2D eigenvalue weighted by Gasteiger charge is 2.27. The molecule has 2 aliphatic heterocycles. The summed E-state index contributed by atoms with van der Waals surface area (Å²) in [4.78, 5) is 20.6. The monoisotopic (exact) mass is 463 g/mol. The Morgan fingerprint density at radius 3 is 2.88 bits per heavy atom. The van der Waals surface area contributed by atoms with Gasteiger partial charge in [-0.3, -0.25) is 0 Å². The largest absolute Gasteiger partial charge is 0.477 e. The maximum absolute atomic E-state index is 15.4. The molecule has 2 atom stereocenters. The Morgan fingerprint density at radius 1 is 1.26 bits per heavy atom. The normalized spacial score (nSPS) is 19.2. The molecule has 34 heavy (non-hydrogen) atoms. The number of carbonyl (C=O) groups is 1. The van der Waals surface area contributed by atoms with E-state index < -0.39 is 11.9 Å². The molecule has 10 heteroatoms. The third kappa shape index (κ3) is 3.84. The number of carbonyl (C=O) groups excluding carboxylic acids is 1. The van der Waals surface area contributed by atoms with Gasteiger partial charge in [0.05, 0.1) is 36.9 Å². The Balaban J connectivity index is 1.53. The maximum Gasteiger partial charge on any atom is 0.414 e. The average molecular weight is 463 g/mol. The standard InChI is InChI=1S/C24H22FN5O4/c1-12-17(9-29-23-20(12)13(8-26)2-5-33-23)16-6-14-7-19(28-10-18(14)22(27)21(16)25)34-24(31)30-15-3-4-32-11-15/h6-7,9-10,13,15H,2-5,11,27H2,1H3,(H,30,31)/t13-,15+/m0/s1. The molecule has 1 amide bonds. The quantitative estimate of drug-likeness (QED) is 0.563. The molecular weight excluding hydrogens is 441 g/mol. The van der Waals surface area contributed by atoms with Gasteiger partial charge in [-0.25, -0.2) is 19.2 Å². The third-order valence-corrected chi connectivity index (χ3v) is 6.21. The first-order chi connectivity index (χ1) is 16.5. The highest BCUT2D eigenvalue weighted by molar-refractivity contribution is 5.97. The number of benzene rings is 1. The van der Waals surface area contributed by atoms with Gasteiger partial charge >= 0.3 is 6.09 Å². The van der Waals surface area contributed by atoms with Crippen molar-refractivity contribution in [3.05, 3.63) is 41.5 Å². The van der Waals surface area contributed by atoms with Crippen LogP contribution in [0.25, 0.3) is 21.9 Å². The van der Waals surface area contributed by atoms with Crippen molar-refractivity contribution in [3.63, 3.8) is 0 Å². The first-order valence-electron chi connectivity index (χ1n) is 10.9. The summed E-state index contributed by atoms with van der Waals surface area (Å²) in [5.41, 5.74) is 8.14. The second kappa shape index (κ2) is 8.76. The van der Waals surface area contributed by atoms with Gasteiger partial charge in [-0.2, -0.15) is 5.26 Å². The molecule has 1 aromatic carbocycles. The zero-order valence-corrected chi connectivity index (χ0v) is 18.4. The van der Waals surface area contributed by atoms with E-state index in [1.165, 1.54) is 18.5 Å². The van der Waals surface area contributed by atoms with Crippen LogP contribution in [0.4, 0.5) is 14.9 Å². The van der Waals surface area contributed by atoms with Crippen LogP contribution in [0.5, 0.6) is 11.8 Å². The van der Waals surface area contributed by atoms with Gasteiger partial charge < -0.3 is 25.3 Å². The Morgan fingerprint density at radius 2 is 2.12 bits per heavy atom. The van der Waals surface area contributed by atoms with Crippen molar-refractivity contribution in [3.8, 4) is 29.0 Å². The zero-order valence-electron chi connectivity index (χ0n) is 18.4. The van der Waals surface area contributed by atoms with Crippen molar-refractivity contribution < 1.29 is 23.4 Å². The van der Waals surface area contributed by atoms with Crippen LogP contribution in [0.15, 0.2) is 24.5 Å². The summed E-state index contributed by atoms with van der Waals surface area (Å²) in [6.45, 7) is 3.24. The molecule has 0 aliphatic carbocycles. The van der Waals surface area contributed by atoms with Crippen LogP contribution in [-0.2, 0) is 4.74 Å². The van der Waals surface area contributed by atoms with Crippen molar-refractivity contribution >= 4 is 22.6 Å². The minimum absolute atomic E-state index is 0.0547. The first kappa shape index (κ1) is 21.9. The van der Waals surface area contributed by atoms with Crippen LogP contribution < -0.4 is 20.5 Å². The molecule has 0 spiro atoms. The molecule has 1 fully saturated rings. The van der Waals surface area contributed by atoms with Gasteiger partial charge in [0.1, 0.15) is 0 Å². The number of nitrogens with zero attached hydrogens (tertiary/aromatic N) is 3. The van der Waals surface area contributed by atoms with Crippen LogP contribution in [0.3, 0.4) is 0 Å². The van der Waals surface area contributed by atoms with Crippen LogP contribution in [-0.4, -0.2) is 41.9 Å². The number of aromatic nitrogens is 2. The van der Waals surface area contributed by atoms with E-state index in [2.05, 4.69) is 21.4 Å². The second-order valence-corrected chi connectivity index (χ2v) is 8.32. The van der Waals surface area contributed by atoms with Crippen molar-refractivity contribution in [1.29, 1.82) is 5.26 Å². The van der Waals surface area contributed by atoms with E-state index in [4.69, 9.17) is 19.9 Å². The topological polar surface area (TPSA) is 132 Å². The predicted molar refractivity (Wildman–Crippen MR) is 121 cm³/mol. The Kier molecular flexibility index (Phi) is 5.63. The Labute approximate surface area is 194 Å². The molecule has 0 radical (unpaired) electrons.